The molecule has 2 aromatic carbocycles. The molecule has 1 fully saturated rings. The normalized spacial score (nSPS) is 13.5. The second-order valence-corrected chi connectivity index (χ2v) is 7.82. The fourth-order valence-corrected chi connectivity index (χ4v) is 3.93. The first-order valence-electron chi connectivity index (χ1n) is 10.3. The highest BCUT2D eigenvalue weighted by atomic mass is 16.2. The highest BCUT2D eigenvalue weighted by molar-refractivity contribution is 6.06. The Morgan fingerprint density at radius 1 is 0.967 bits per heavy atom. The Morgan fingerprint density at radius 3 is 2.30 bits per heavy atom. The zero-order valence-corrected chi connectivity index (χ0v) is 17.6. The van der Waals surface area contributed by atoms with Gasteiger partial charge in [-0.2, -0.15) is 5.10 Å². The molecule has 154 valence electrons. The Bertz CT molecular complexity index is 1090. The van der Waals surface area contributed by atoms with Crippen molar-refractivity contribution in [1.29, 1.82) is 0 Å². The van der Waals surface area contributed by atoms with Gasteiger partial charge in [0.05, 0.1) is 11.4 Å². The van der Waals surface area contributed by atoms with Crippen molar-refractivity contribution in [1.82, 2.24) is 14.7 Å². The van der Waals surface area contributed by atoms with Crippen molar-refractivity contribution in [2.45, 2.75) is 33.6 Å². The summed E-state index contributed by atoms with van der Waals surface area (Å²) in [4.78, 5) is 27.5. The monoisotopic (exact) mass is 402 g/mol. The van der Waals surface area contributed by atoms with Crippen LogP contribution in [-0.2, 0) is 0 Å². The van der Waals surface area contributed by atoms with Crippen LogP contribution in [0.3, 0.4) is 0 Å². The van der Waals surface area contributed by atoms with E-state index in [0.717, 1.165) is 48.6 Å². The molecule has 6 nitrogen and oxygen atoms in total. The summed E-state index contributed by atoms with van der Waals surface area (Å²) < 4.78 is 1.86. The van der Waals surface area contributed by atoms with Crippen LogP contribution in [0.15, 0.2) is 48.5 Å². The molecule has 1 aliphatic rings. The predicted molar refractivity (Wildman–Crippen MR) is 117 cm³/mol. The second-order valence-electron chi connectivity index (χ2n) is 7.82. The van der Waals surface area contributed by atoms with E-state index in [-0.39, 0.29) is 11.8 Å². The van der Waals surface area contributed by atoms with Gasteiger partial charge in [-0.05, 0) is 81.6 Å². The van der Waals surface area contributed by atoms with Gasteiger partial charge in [-0.25, -0.2) is 4.68 Å². The van der Waals surface area contributed by atoms with Crippen molar-refractivity contribution in [3.63, 3.8) is 0 Å². The number of hydrogen-bond donors (Lipinski definition) is 1. The summed E-state index contributed by atoms with van der Waals surface area (Å²) in [6, 6.07) is 14.8. The summed E-state index contributed by atoms with van der Waals surface area (Å²) in [7, 11) is 0. The summed E-state index contributed by atoms with van der Waals surface area (Å²) in [5.41, 5.74) is 5.56. The van der Waals surface area contributed by atoms with Gasteiger partial charge in [-0.1, -0.05) is 6.07 Å². The van der Waals surface area contributed by atoms with Crippen LogP contribution in [0, 0.1) is 20.8 Å². The minimum absolute atomic E-state index is 0.0373. The van der Waals surface area contributed by atoms with Crippen molar-refractivity contribution in [2.75, 3.05) is 18.4 Å². The van der Waals surface area contributed by atoms with E-state index in [0.29, 0.717) is 16.8 Å². The molecule has 30 heavy (non-hydrogen) atoms. The average Bonchev–Trinajstić information content (AvgIpc) is 3.39. The van der Waals surface area contributed by atoms with Crippen LogP contribution >= 0.6 is 0 Å². The number of benzene rings is 2. The first-order valence-corrected chi connectivity index (χ1v) is 10.3. The number of aromatic nitrogens is 2. The Labute approximate surface area is 176 Å². The zero-order chi connectivity index (χ0) is 21.3. The highest BCUT2D eigenvalue weighted by Gasteiger charge is 2.22. The molecule has 0 saturated carbocycles. The quantitative estimate of drug-likeness (QED) is 0.708. The van der Waals surface area contributed by atoms with Gasteiger partial charge in [-0.15, -0.1) is 0 Å². The summed E-state index contributed by atoms with van der Waals surface area (Å²) >= 11 is 0. The SMILES string of the molecule is Cc1cc(C)n(-c2ccc(C(=O)Nc3cccc(C(=O)N4CCCC4)c3C)cc2)n1. The first-order chi connectivity index (χ1) is 14.4. The van der Waals surface area contributed by atoms with Gasteiger partial charge >= 0.3 is 0 Å². The van der Waals surface area contributed by atoms with Crippen molar-refractivity contribution < 1.29 is 9.59 Å². The number of nitrogens with one attached hydrogen (secondary N) is 1. The molecule has 0 aliphatic carbocycles. The minimum Gasteiger partial charge on any atom is -0.339 e. The van der Waals surface area contributed by atoms with Crippen LogP contribution in [0.1, 0.15) is 50.5 Å². The molecular weight excluding hydrogens is 376 g/mol. The molecule has 1 aromatic heterocycles. The zero-order valence-electron chi connectivity index (χ0n) is 17.6. The lowest BCUT2D eigenvalue weighted by Gasteiger charge is -2.18. The van der Waals surface area contributed by atoms with E-state index in [2.05, 4.69) is 10.4 Å². The fraction of sp³-hybridized carbons (Fsp3) is 0.292. The number of nitrogens with zero attached hydrogens (tertiary/aromatic N) is 3. The van der Waals surface area contributed by atoms with Gasteiger partial charge in [-0.3, -0.25) is 9.59 Å². The van der Waals surface area contributed by atoms with Crippen LogP contribution < -0.4 is 5.32 Å². The lowest BCUT2D eigenvalue weighted by Crippen LogP contribution is -2.28. The maximum atomic E-state index is 12.8. The summed E-state index contributed by atoms with van der Waals surface area (Å²) in [6.45, 7) is 7.44. The Balaban J connectivity index is 1.52. The van der Waals surface area contributed by atoms with Gasteiger partial charge in [0.25, 0.3) is 11.8 Å². The molecule has 0 atom stereocenters. The van der Waals surface area contributed by atoms with Crippen molar-refractivity contribution in [2.24, 2.45) is 0 Å². The maximum Gasteiger partial charge on any atom is 0.255 e. The summed E-state index contributed by atoms with van der Waals surface area (Å²) in [5, 5.41) is 7.43. The van der Waals surface area contributed by atoms with Crippen LogP contribution in [0.25, 0.3) is 5.69 Å². The molecule has 0 radical (unpaired) electrons. The number of carbonyl (C=O) groups excluding carboxylic acids is 2. The average molecular weight is 402 g/mol. The number of carbonyl (C=O) groups is 2. The van der Waals surface area contributed by atoms with Crippen LogP contribution in [0.4, 0.5) is 5.69 Å². The molecule has 1 N–H and O–H groups in total. The standard InChI is InChI=1S/C24H26N4O2/c1-16-15-17(2)28(26-16)20-11-9-19(10-12-20)23(29)25-22-8-6-7-21(18(22)3)24(30)27-13-4-5-14-27/h6-12,15H,4-5,13-14H2,1-3H3,(H,25,29). The lowest BCUT2D eigenvalue weighted by atomic mass is 10.0. The van der Waals surface area contributed by atoms with Crippen LogP contribution in [0.2, 0.25) is 0 Å². The van der Waals surface area contributed by atoms with Gasteiger partial charge in [0.1, 0.15) is 0 Å². The van der Waals surface area contributed by atoms with E-state index in [1.54, 1.807) is 12.1 Å². The molecule has 6 heteroatoms. The maximum absolute atomic E-state index is 12.8. The predicted octanol–water partition coefficient (Wildman–Crippen LogP) is 4.29. The number of rotatable bonds is 4. The number of amides is 2. The third kappa shape index (κ3) is 3.85. The van der Waals surface area contributed by atoms with E-state index >= 15 is 0 Å². The smallest absolute Gasteiger partial charge is 0.255 e. The van der Waals surface area contributed by atoms with Crippen molar-refractivity contribution in [3.05, 3.63) is 76.6 Å². The van der Waals surface area contributed by atoms with E-state index < -0.39 is 0 Å². The van der Waals surface area contributed by atoms with Gasteiger partial charge < -0.3 is 10.2 Å². The van der Waals surface area contributed by atoms with E-state index in [1.807, 2.05) is 66.8 Å². The number of anilines is 1. The molecule has 3 aromatic rings. The Hall–Kier alpha value is -3.41. The van der Waals surface area contributed by atoms with E-state index in [4.69, 9.17) is 0 Å². The molecule has 0 spiro atoms. The fourth-order valence-electron chi connectivity index (χ4n) is 3.93. The molecule has 0 bridgehead atoms. The van der Waals surface area contributed by atoms with Gasteiger partial charge in [0.15, 0.2) is 0 Å². The van der Waals surface area contributed by atoms with Gasteiger partial charge in [0, 0.05) is 35.6 Å². The number of aryl methyl sites for hydroxylation is 2. The molecule has 1 aliphatic heterocycles. The second kappa shape index (κ2) is 8.14. The molecule has 2 heterocycles. The van der Waals surface area contributed by atoms with Crippen LogP contribution in [-0.4, -0.2) is 39.6 Å². The summed E-state index contributed by atoms with van der Waals surface area (Å²) in [5.74, 6) is -0.167. The lowest BCUT2D eigenvalue weighted by molar-refractivity contribution is 0.0791. The van der Waals surface area contributed by atoms with Crippen LogP contribution in [0.5, 0.6) is 0 Å². The Morgan fingerprint density at radius 2 is 1.67 bits per heavy atom. The van der Waals surface area contributed by atoms with Crippen molar-refractivity contribution in [3.8, 4) is 5.69 Å². The third-order valence-electron chi connectivity index (χ3n) is 5.59. The van der Waals surface area contributed by atoms with E-state index in [1.165, 1.54) is 0 Å². The van der Waals surface area contributed by atoms with E-state index in [9.17, 15) is 9.59 Å². The number of likely N-dealkylation sites (tertiary alicyclic amines) is 1. The molecule has 2 amide bonds. The molecule has 4 rings (SSSR count). The Kier molecular flexibility index (Phi) is 5.40. The molecule has 1 saturated heterocycles. The van der Waals surface area contributed by atoms with Gasteiger partial charge in [0.2, 0.25) is 0 Å². The highest BCUT2D eigenvalue weighted by Crippen LogP contribution is 2.23. The topological polar surface area (TPSA) is 67.2 Å². The molecule has 0 unspecified atom stereocenters. The minimum atomic E-state index is -0.205. The third-order valence-corrected chi connectivity index (χ3v) is 5.59. The molecular formula is C24H26N4O2. The summed E-state index contributed by atoms with van der Waals surface area (Å²) in [6.07, 6.45) is 2.10. The first kappa shape index (κ1) is 19.9. The van der Waals surface area contributed by atoms with Crippen molar-refractivity contribution >= 4 is 17.5 Å². The number of hydrogen-bond acceptors (Lipinski definition) is 3. The largest absolute Gasteiger partial charge is 0.339 e.